The number of benzene rings is 1. The summed E-state index contributed by atoms with van der Waals surface area (Å²) in [6.07, 6.45) is 3.89. The molecule has 1 aliphatic heterocycles. The minimum Gasteiger partial charge on any atom is -0.370 e. The lowest BCUT2D eigenvalue weighted by Gasteiger charge is -2.31. The molecule has 0 aliphatic carbocycles. The Morgan fingerprint density at radius 2 is 1.95 bits per heavy atom. The highest BCUT2D eigenvalue weighted by molar-refractivity contribution is 5.86. The normalized spacial score (nSPS) is 17.0. The molecule has 1 heterocycles. The molecule has 22 heavy (non-hydrogen) atoms. The Morgan fingerprint density at radius 3 is 2.50 bits per heavy atom. The SMILES string of the molecule is CCCC(NC(=N)N)C(C(=O)N1CCCC1)c1ccccc1. The van der Waals surface area contributed by atoms with Crippen molar-refractivity contribution < 1.29 is 4.79 Å². The Balaban J connectivity index is 2.30. The predicted octanol–water partition coefficient (Wildman–Crippen LogP) is 2.04. The highest BCUT2D eigenvalue weighted by atomic mass is 16.2. The second-order valence-electron chi connectivity index (χ2n) is 5.87. The molecule has 0 saturated carbocycles. The summed E-state index contributed by atoms with van der Waals surface area (Å²) in [5, 5.41) is 10.5. The first-order chi connectivity index (χ1) is 10.6. The van der Waals surface area contributed by atoms with Gasteiger partial charge in [0.05, 0.1) is 5.92 Å². The first-order valence-corrected chi connectivity index (χ1v) is 8.07. The van der Waals surface area contributed by atoms with E-state index in [-0.39, 0.29) is 23.8 Å². The van der Waals surface area contributed by atoms with Gasteiger partial charge in [0.15, 0.2) is 5.96 Å². The Morgan fingerprint density at radius 1 is 1.32 bits per heavy atom. The number of nitrogens with zero attached hydrogens (tertiary/aromatic N) is 1. The fourth-order valence-electron chi connectivity index (χ4n) is 3.17. The molecule has 120 valence electrons. The van der Waals surface area contributed by atoms with Crippen molar-refractivity contribution in [1.82, 2.24) is 10.2 Å². The molecule has 1 saturated heterocycles. The Labute approximate surface area is 132 Å². The third-order valence-corrected chi connectivity index (χ3v) is 4.19. The maximum atomic E-state index is 13.0. The lowest BCUT2D eigenvalue weighted by atomic mass is 9.87. The number of nitrogens with one attached hydrogen (secondary N) is 2. The molecule has 2 unspecified atom stereocenters. The van der Waals surface area contributed by atoms with E-state index in [1.54, 1.807) is 0 Å². The summed E-state index contributed by atoms with van der Waals surface area (Å²) in [6.45, 7) is 3.75. The van der Waals surface area contributed by atoms with Gasteiger partial charge in [0.25, 0.3) is 0 Å². The van der Waals surface area contributed by atoms with Crippen LogP contribution in [0.4, 0.5) is 0 Å². The molecule has 5 heteroatoms. The molecule has 1 aromatic rings. The summed E-state index contributed by atoms with van der Waals surface area (Å²) >= 11 is 0. The number of hydrogen-bond acceptors (Lipinski definition) is 2. The molecule has 1 amide bonds. The van der Waals surface area contributed by atoms with Gasteiger partial charge in [0.1, 0.15) is 0 Å². The molecule has 1 aromatic carbocycles. The van der Waals surface area contributed by atoms with Gasteiger partial charge in [-0.25, -0.2) is 0 Å². The van der Waals surface area contributed by atoms with Gasteiger partial charge in [0, 0.05) is 19.1 Å². The minimum absolute atomic E-state index is 0.0754. The molecule has 0 spiro atoms. The first kappa shape index (κ1) is 16.3. The smallest absolute Gasteiger partial charge is 0.232 e. The second kappa shape index (κ2) is 7.82. The minimum atomic E-state index is -0.289. The molecule has 0 radical (unpaired) electrons. The fourth-order valence-corrected chi connectivity index (χ4v) is 3.17. The number of nitrogens with two attached hydrogens (primary N) is 1. The summed E-state index contributed by atoms with van der Waals surface area (Å²) in [6, 6.07) is 9.70. The van der Waals surface area contributed by atoms with E-state index in [2.05, 4.69) is 12.2 Å². The molecule has 1 fully saturated rings. The van der Waals surface area contributed by atoms with E-state index in [0.29, 0.717) is 0 Å². The van der Waals surface area contributed by atoms with Gasteiger partial charge in [-0.1, -0.05) is 43.7 Å². The number of amides is 1. The lowest BCUT2D eigenvalue weighted by molar-refractivity contribution is -0.132. The first-order valence-electron chi connectivity index (χ1n) is 8.07. The predicted molar refractivity (Wildman–Crippen MR) is 88.7 cm³/mol. The average Bonchev–Trinajstić information content (AvgIpc) is 3.02. The number of likely N-dealkylation sites (tertiary alicyclic amines) is 1. The van der Waals surface area contributed by atoms with E-state index in [0.717, 1.165) is 44.3 Å². The van der Waals surface area contributed by atoms with Crippen LogP contribution in [-0.4, -0.2) is 35.9 Å². The van der Waals surface area contributed by atoms with Crippen LogP contribution in [0.3, 0.4) is 0 Å². The molecular formula is C17H26N4O. The number of hydrogen-bond donors (Lipinski definition) is 3. The Hall–Kier alpha value is -2.04. The van der Waals surface area contributed by atoms with Crippen LogP contribution >= 0.6 is 0 Å². The van der Waals surface area contributed by atoms with E-state index in [1.165, 1.54) is 0 Å². The topological polar surface area (TPSA) is 82.2 Å². The second-order valence-corrected chi connectivity index (χ2v) is 5.87. The van der Waals surface area contributed by atoms with Crippen LogP contribution in [0.5, 0.6) is 0 Å². The van der Waals surface area contributed by atoms with Crippen molar-refractivity contribution >= 4 is 11.9 Å². The van der Waals surface area contributed by atoms with Crippen molar-refractivity contribution in [3.63, 3.8) is 0 Å². The molecule has 1 aliphatic rings. The molecule has 2 atom stereocenters. The highest BCUT2D eigenvalue weighted by Gasteiger charge is 2.33. The van der Waals surface area contributed by atoms with E-state index >= 15 is 0 Å². The van der Waals surface area contributed by atoms with Crippen LogP contribution in [0.25, 0.3) is 0 Å². The van der Waals surface area contributed by atoms with Gasteiger partial charge >= 0.3 is 0 Å². The van der Waals surface area contributed by atoms with Gasteiger partial charge in [-0.15, -0.1) is 0 Å². The van der Waals surface area contributed by atoms with Crippen molar-refractivity contribution in [2.45, 2.75) is 44.6 Å². The van der Waals surface area contributed by atoms with Crippen LogP contribution < -0.4 is 11.1 Å². The van der Waals surface area contributed by atoms with Crippen LogP contribution in [0.15, 0.2) is 30.3 Å². The van der Waals surface area contributed by atoms with Crippen LogP contribution in [-0.2, 0) is 4.79 Å². The van der Waals surface area contributed by atoms with E-state index in [4.69, 9.17) is 11.1 Å². The quantitative estimate of drug-likeness (QED) is 0.555. The van der Waals surface area contributed by atoms with Gasteiger partial charge in [0.2, 0.25) is 5.91 Å². The largest absolute Gasteiger partial charge is 0.370 e. The van der Waals surface area contributed by atoms with E-state index < -0.39 is 0 Å². The lowest BCUT2D eigenvalue weighted by Crippen LogP contribution is -2.48. The summed E-state index contributed by atoms with van der Waals surface area (Å²) in [7, 11) is 0. The molecule has 5 nitrogen and oxygen atoms in total. The molecular weight excluding hydrogens is 276 g/mol. The number of carbonyl (C=O) groups is 1. The van der Waals surface area contributed by atoms with Crippen LogP contribution in [0, 0.1) is 5.41 Å². The van der Waals surface area contributed by atoms with Crippen LogP contribution in [0.1, 0.15) is 44.1 Å². The van der Waals surface area contributed by atoms with Gasteiger partial charge in [-0.3, -0.25) is 10.2 Å². The fraction of sp³-hybridized carbons (Fsp3) is 0.529. The van der Waals surface area contributed by atoms with Crippen molar-refractivity contribution in [3.05, 3.63) is 35.9 Å². The highest BCUT2D eigenvalue weighted by Crippen LogP contribution is 2.27. The zero-order valence-corrected chi connectivity index (χ0v) is 13.2. The van der Waals surface area contributed by atoms with Gasteiger partial charge < -0.3 is 16.0 Å². The third-order valence-electron chi connectivity index (χ3n) is 4.19. The van der Waals surface area contributed by atoms with E-state index in [1.807, 2.05) is 35.2 Å². The van der Waals surface area contributed by atoms with Crippen molar-refractivity contribution in [2.75, 3.05) is 13.1 Å². The summed E-state index contributed by atoms with van der Waals surface area (Å²) in [5.74, 6) is -0.215. The standard InChI is InChI=1S/C17H26N4O/c1-2-8-14(20-17(18)19)15(13-9-4-3-5-10-13)16(22)21-11-6-7-12-21/h3-5,9-10,14-15H,2,6-8,11-12H2,1H3,(H4,18,19,20). The monoisotopic (exact) mass is 302 g/mol. The Bertz CT molecular complexity index is 497. The number of carbonyl (C=O) groups excluding carboxylic acids is 1. The molecule has 2 rings (SSSR count). The third kappa shape index (κ3) is 4.00. The number of guanidine groups is 1. The van der Waals surface area contributed by atoms with Gasteiger partial charge in [-0.2, -0.15) is 0 Å². The zero-order chi connectivity index (χ0) is 15.9. The molecule has 0 aromatic heterocycles. The van der Waals surface area contributed by atoms with Crippen molar-refractivity contribution in [2.24, 2.45) is 5.73 Å². The summed E-state index contributed by atoms with van der Waals surface area (Å²) in [4.78, 5) is 15.0. The maximum absolute atomic E-state index is 13.0. The molecule has 0 bridgehead atoms. The van der Waals surface area contributed by atoms with E-state index in [9.17, 15) is 4.79 Å². The van der Waals surface area contributed by atoms with Crippen LogP contribution in [0.2, 0.25) is 0 Å². The maximum Gasteiger partial charge on any atom is 0.232 e. The van der Waals surface area contributed by atoms with Crippen molar-refractivity contribution in [3.8, 4) is 0 Å². The molecule has 4 N–H and O–H groups in total. The van der Waals surface area contributed by atoms with Crippen molar-refractivity contribution in [1.29, 1.82) is 5.41 Å². The number of rotatable bonds is 6. The zero-order valence-electron chi connectivity index (χ0n) is 13.2. The summed E-state index contributed by atoms with van der Waals surface area (Å²) < 4.78 is 0. The van der Waals surface area contributed by atoms with Gasteiger partial charge in [-0.05, 0) is 24.8 Å². The Kier molecular flexibility index (Phi) is 5.81. The summed E-state index contributed by atoms with van der Waals surface area (Å²) in [5.41, 5.74) is 6.53. The average molecular weight is 302 g/mol.